The summed E-state index contributed by atoms with van der Waals surface area (Å²) in [6.07, 6.45) is -73.0. The zero-order chi connectivity index (χ0) is 76.7. The fourth-order valence-electron chi connectivity index (χ4n) is 11.3. The molecule has 0 aliphatic carbocycles. The van der Waals surface area contributed by atoms with E-state index in [9.17, 15) is 148 Å². The summed E-state index contributed by atoms with van der Waals surface area (Å²) in [7, 11) is -22.2. The van der Waals surface area contributed by atoms with E-state index in [0.717, 1.165) is 27.7 Å². The third-order valence-corrected chi connectivity index (χ3v) is 17.9. The van der Waals surface area contributed by atoms with Crippen LogP contribution >= 0.6 is 0 Å². The van der Waals surface area contributed by atoms with Gasteiger partial charge in [0, 0.05) is 20.8 Å². The lowest BCUT2D eigenvalue weighted by molar-refractivity contribution is -0.394. The van der Waals surface area contributed by atoms with E-state index in [0.29, 0.717) is 0 Å². The first-order valence-corrected chi connectivity index (χ1v) is 35.5. The molecule has 6 aliphatic rings. The largest absolute Gasteiger partial charge is 0.397 e. The van der Waals surface area contributed by atoms with Crippen LogP contribution in [0.1, 0.15) is 27.7 Å². The highest BCUT2D eigenvalue weighted by molar-refractivity contribution is 7.81. The number of aliphatic hydroxyl groups is 16. The summed E-state index contributed by atoms with van der Waals surface area (Å²) in [6.45, 7) is -6.31. The van der Waals surface area contributed by atoms with Crippen LogP contribution in [0.4, 0.5) is 0 Å². The van der Waals surface area contributed by atoms with Gasteiger partial charge in [0.1, 0.15) is 165 Å². The molecule has 54 heteroatoms. The van der Waals surface area contributed by atoms with Gasteiger partial charge in [-0.25, -0.2) is 16.7 Å². The van der Waals surface area contributed by atoms with Crippen LogP contribution in [0.2, 0.25) is 0 Å². The Morgan fingerprint density at radius 1 is 0.373 bits per heavy atom. The van der Waals surface area contributed by atoms with E-state index in [2.05, 4.69) is 32.7 Å². The summed E-state index contributed by atoms with van der Waals surface area (Å²) >= 11 is 0. The molecule has 102 heavy (non-hydrogen) atoms. The molecule has 50 nitrogen and oxygen atoms in total. The van der Waals surface area contributed by atoms with Gasteiger partial charge in [-0.05, 0) is 6.92 Å². The lowest BCUT2D eigenvalue weighted by atomic mass is 9.93. The molecule has 0 saturated carbocycles. The topological polar surface area (TPSA) is 776 Å². The van der Waals surface area contributed by atoms with Crippen LogP contribution in [0.5, 0.6) is 0 Å². The number of rotatable bonds is 33. The number of aliphatic hydroxyl groups excluding tert-OH is 16. The minimum atomic E-state index is -5.73. The van der Waals surface area contributed by atoms with Gasteiger partial charge in [0.2, 0.25) is 17.7 Å². The molecule has 0 radical (unpaired) electrons. The van der Waals surface area contributed by atoms with E-state index in [1.807, 2.05) is 0 Å². The summed E-state index contributed by atoms with van der Waals surface area (Å²) in [5.74, 6) is -3.29. The van der Waals surface area contributed by atoms with Crippen LogP contribution in [0, 0.1) is 0 Å². The van der Waals surface area contributed by atoms with Crippen LogP contribution in [0.25, 0.3) is 0 Å². The number of carbonyl (C=O) groups is 3. The Hall–Kier alpha value is -3.23. The zero-order valence-corrected chi connectivity index (χ0v) is 56.4. The molecule has 0 aromatic carbocycles. The fraction of sp³-hybridized carbons (Fsp3) is 0.938. The first kappa shape index (κ1) is 87.7. The number of amides is 3. The maximum Gasteiger partial charge on any atom is 0.397 e. The molecule has 0 bridgehead atoms. The Morgan fingerprint density at radius 3 is 1.19 bits per heavy atom. The van der Waals surface area contributed by atoms with Crippen molar-refractivity contribution in [2.75, 3.05) is 46.2 Å². The Bertz CT molecular complexity index is 3190. The van der Waals surface area contributed by atoms with Crippen molar-refractivity contribution in [3.63, 3.8) is 0 Å². The van der Waals surface area contributed by atoms with E-state index in [-0.39, 0.29) is 0 Å². The van der Waals surface area contributed by atoms with Crippen LogP contribution < -0.4 is 16.0 Å². The molecule has 23 N–H and O–H groups in total. The molecular formula is C48H83N3O47S4. The highest BCUT2D eigenvalue weighted by Crippen LogP contribution is 2.39. The third kappa shape index (κ3) is 23.4. The highest BCUT2D eigenvalue weighted by Gasteiger charge is 2.60. The van der Waals surface area contributed by atoms with Crippen LogP contribution in [0.3, 0.4) is 0 Å². The van der Waals surface area contributed by atoms with Gasteiger partial charge in [0.25, 0.3) is 0 Å². The molecule has 6 fully saturated rings. The van der Waals surface area contributed by atoms with E-state index < -0.39 is 314 Å². The Morgan fingerprint density at radius 2 is 0.725 bits per heavy atom. The summed E-state index contributed by atoms with van der Waals surface area (Å²) < 4.78 is 222. The lowest BCUT2D eigenvalue weighted by Gasteiger charge is -2.52. The monoisotopic (exact) mass is 1580 g/mol. The van der Waals surface area contributed by atoms with Crippen molar-refractivity contribution in [1.82, 2.24) is 16.0 Å². The molecular weight excluding hydrogens is 1500 g/mol. The first-order valence-electron chi connectivity index (χ1n) is 30.0. The molecule has 34 unspecified atom stereocenters. The maximum atomic E-state index is 13.5. The smallest absolute Gasteiger partial charge is 0.394 e. The van der Waals surface area contributed by atoms with E-state index in [1.165, 1.54) is 0 Å². The lowest BCUT2D eigenvalue weighted by Crippen LogP contribution is -2.72. The van der Waals surface area contributed by atoms with Crippen LogP contribution in [-0.4, -0.2) is 406 Å². The average molecular weight is 1580 g/mol. The molecule has 6 aliphatic heterocycles. The summed E-state index contributed by atoms with van der Waals surface area (Å²) in [4.78, 5) is 38.6. The van der Waals surface area contributed by atoms with Crippen molar-refractivity contribution < 1.29 is 222 Å². The number of hydrogen-bond acceptors (Lipinski definition) is 43. The van der Waals surface area contributed by atoms with Crippen LogP contribution in [-0.2, 0) is 130 Å². The molecule has 34 atom stereocenters. The number of carbonyl (C=O) groups excluding carboxylic acids is 3. The Balaban J connectivity index is 1.48. The van der Waals surface area contributed by atoms with Gasteiger partial charge < -0.3 is 154 Å². The van der Waals surface area contributed by atoms with E-state index >= 15 is 0 Å². The standard InChI is InChI=1S/C48H83N3O47S4/c1-12-26(60)33(67)34(68)46(87-12)96-40-25(51-15(4)57)45(92-22(11-86-102(80,81)82)39(40)95-47-35(69)41(29(63)18(7-54)88-47)97-43-23(49-13(2)55)31(65)28(62)19(89-43)8-83-99(71,72)73)98-42-30(64)20(9-84-100(74,75)76)90-48(36(42)70)94-38-21(10-85-101(77,78)79)91-44(24(32(38)66)50-14(3)56)93-37(17(59)6-53)27(61)16(58)5-52/h12,16-48,52-54,58-70H,5-11H2,1-4H3,(H,49,55)(H,50,56)(H,51,57)(H,71,72,73)(H,74,75,76)(H,77,78,79)(H,80,81,82). The Kier molecular flexibility index (Phi) is 31.6. The van der Waals surface area contributed by atoms with Gasteiger partial charge in [-0.3, -0.25) is 32.6 Å². The van der Waals surface area contributed by atoms with Crippen molar-refractivity contribution in [2.24, 2.45) is 0 Å². The minimum Gasteiger partial charge on any atom is -0.394 e. The second-order valence-corrected chi connectivity index (χ2v) is 28.0. The van der Waals surface area contributed by atoms with Crippen molar-refractivity contribution in [2.45, 2.75) is 236 Å². The van der Waals surface area contributed by atoms with Crippen molar-refractivity contribution >= 4 is 59.3 Å². The maximum absolute atomic E-state index is 13.5. The van der Waals surface area contributed by atoms with Gasteiger partial charge in [0.15, 0.2) is 37.7 Å². The Labute approximate surface area is 577 Å². The summed E-state index contributed by atoms with van der Waals surface area (Å²) in [5.41, 5.74) is 0. The highest BCUT2D eigenvalue weighted by atomic mass is 32.3. The predicted octanol–water partition coefficient (Wildman–Crippen LogP) is -15.9. The van der Waals surface area contributed by atoms with Gasteiger partial charge in [-0.15, -0.1) is 0 Å². The van der Waals surface area contributed by atoms with Crippen LogP contribution in [0.15, 0.2) is 0 Å². The van der Waals surface area contributed by atoms with E-state index in [1.54, 1.807) is 0 Å². The normalized spacial score (nSPS) is 40.9. The molecule has 6 saturated heterocycles. The zero-order valence-electron chi connectivity index (χ0n) is 53.2. The average Bonchev–Trinajstić information content (AvgIpc) is 0.757. The summed E-state index contributed by atoms with van der Waals surface area (Å²) in [5, 5.41) is 183. The predicted molar refractivity (Wildman–Crippen MR) is 309 cm³/mol. The van der Waals surface area contributed by atoms with E-state index in [4.69, 9.17) is 56.8 Å². The quantitative estimate of drug-likeness (QED) is 0.0271. The van der Waals surface area contributed by atoms with Gasteiger partial charge >= 0.3 is 41.6 Å². The first-order chi connectivity index (χ1) is 47.2. The van der Waals surface area contributed by atoms with Gasteiger partial charge in [-0.2, -0.15) is 33.7 Å². The number of hydrogen-bond donors (Lipinski definition) is 23. The molecule has 3 amide bonds. The fourth-order valence-corrected chi connectivity index (χ4v) is 12.5. The molecule has 6 rings (SSSR count). The molecule has 6 heterocycles. The third-order valence-electron chi connectivity index (χ3n) is 16.2. The molecule has 596 valence electrons. The second kappa shape index (κ2) is 36.8. The van der Waals surface area contributed by atoms with Crippen molar-refractivity contribution in [3.05, 3.63) is 0 Å². The van der Waals surface area contributed by atoms with Gasteiger partial charge in [0.05, 0.1) is 52.4 Å². The number of ether oxygens (including phenoxy) is 12. The second-order valence-electron chi connectivity index (χ2n) is 23.6. The molecule has 0 aromatic heterocycles. The van der Waals surface area contributed by atoms with Crippen molar-refractivity contribution in [1.29, 1.82) is 0 Å². The van der Waals surface area contributed by atoms with Crippen molar-refractivity contribution in [3.8, 4) is 0 Å². The molecule has 0 spiro atoms. The minimum absolute atomic E-state index is 0.759. The molecule has 0 aromatic rings. The summed E-state index contributed by atoms with van der Waals surface area (Å²) in [6, 6.07) is -6.47. The number of nitrogens with one attached hydrogen (secondary N) is 3. The SMILES string of the molecule is CC(=O)NC1C(OC2C(O)C(CO)OC(OC3C(COS(=O)(=O)O)OC(OC4C(O)C(COS(=O)(=O)O)OC(OC5C(COS(=O)(=O)O)OC(OC(C(O)CO)C(O)C(O)CO)C(NC(C)=O)C5O)C4O)C(NC(C)=O)C3OC3OC(C)C(O)C(O)C3O)C2O)OC(COS(=O)(=O)O)C(O)C1O. The van der Waals surface area contributed by atoms with Gasteiger partial charge in [-0.1, -0.05) is 0 Å².